The zero-order chi connectivity index (χ0) is 15.4. The molecule has 0 bridgehead atoms. The molecule has 0 radical (unpaired) electrons. The molecule has 0 unspecified atom stereocenters. The number of hydrogen-bond donors (Lipinski definition) is 0. The Kier molecular flexibility index (Phi) is 4.52. The van der Waals surface area contributed by atoms with Crippen LogP contribution >= 0.6 is 0 Å². The van der Waals surface area contributed by atoms with Crippen LogP contribution in [0.1, 0.15) is 27.2 Å². The van der Waals surface area contributed by atoms with Gasteiger partial charge in [0.2, 0.25) is 0 Å². The van der Waals surface area contributed by atoms with Crippen LogP contribution in [0.2, 0.25) is 0 Å². The van der Waals surface area contributed by atoms with Crippen molar-refractivity contribution in [3.05, 3.63) is 41.5 Å². The molecule has 5 heteroatoms. The van der Waals surface area contributed by atoms with Crippen LogP contribution in [0.25, 0.3) is 0 Å². The molecule has 1 heterocycles. The molecule has 1 aliphatic heterocycles. The van der Waals surface area contributed by atoms with Crippen LogP contribution in [0.5, 0.6) is 0 Å². The lowest BCUT2D eigenvalue weighted by atomic mass is 10.0. The van der Waals surface area contributed by atoms with E-state index in [1.54, 1.807) is 20.8 Å². The van der Waals surface area contributed by atoms with Crippen molar-refractivity contribution < 1.29 is 14.3 Å². The third kappa shape index (κ3) is 3.18. The lowest BCUT2D eigenvalue weighted by molar-refractivity contribution is -0.142. The van der Waals surface area contributed by atoms with Crippen molar-refractivity contribution in [1.82, 2.24) is 0 Å². The van der Waals surface area contributed by atoms with Gasteiger partial charge in [0.05, 0.1) is 30.0 Å². The van der Waals surface area contributed by atoms with E-state index in [4.69, 9.17) is 4.74 Å². The lowest BCUT2D eigenvalue weighted by Crippen LogP contribution is -2.22. The summed E-state index contributed by atoms with van der Waals surface area (Å²) in [5, 5.41) is 5.65. The van der Waals surface area contributed by atoms with Crippen LogP contribution in [0, 0.1) is 0 Å². The van der Waals surface area contributed by atoms with Crippen LogP contribution in [-0.2, 0) is 14.3 Å². The summed E-state index contributed by atoms with van der Waals surface area (Å²) in [4.78, 5) is 24.1. The van der Waals surface area contributed by atoms with Crippen LogP contribution in [0.4, 0.5) is 5.69 Å². The first-order valence-corrected chi connectivity index (χ1v) is 6.85. The first-order valence-electron chi connectivity index (χ1n) is 6.85. The molecule has 0 saturated carbocycles. The van der Waals surface area contributed by atoms with Gasteiger partial charge in [-0.05, 0) is 38.5 Å². The highest BCUT2D eigenvalue weighted by Gasteiger charge is 2.30. The van der Waals surface area contributed by atoms with E-state index >= 15 is 0 Å². The minimum Gasteiger partial charge on any atom is -0.466 e. The van der Waals surface area contributed by atoms with Crippen molar-refractivity contribution in [3.63, 3.8) is 0 Å². The van der Waals surface area contributed by atoms with Crippen molar-refractivity contribution in [1.29, 1.82) is 0 Å². The van der Waals surface area contributed by atoms with E-state index < -0.39 is 0 Å². The Hall–Kier alpha value is -2.43. The molecular weight excluding hydrogens is 268 g/mol. The second-order valence-electron chi connectivity index (χ2n) is 4.78. The van der Waals surface area contributed by atoms with Gasteiger partial charge in [0.1, 0.15) is 0 Å². The Balaban J connectivity index is 2.26. The van der Waals surface area contributed by atoms with Gasteiger partial charge in [-0.3, -0.25) is 9.59 Å². The van der Waals surface area contributed by atoms with Crippen molar-refractivity contribution in [3.8, 4) is 0 Å². The maximum atomic E-state index is 12.5. The minimum absolute atomic E-state index is 0.102. The van der Waals surface area contributed by atoms with Crippen molar-refractivity contribution in [2.45, 2.75) is 27.2 Å². The van der Waals surface area contributed by atoms with E-state index in [9.17, 15) is 9.59 Å². The Morgan fingerprint density at radius 2 is 1.95 bits per heavy atom. The number of hydrazone groups is 1. The number of para-hydroxylation sites is 1. The highest BCUT2D eigenvalue weighted by Crippen LogP contribution is 2.26. The molecule has 2 rings (SSSR count). The van der Waals surface area contributed by atoms with Crippen LogP contribution in [0.3, 0.4) is 0 Å². The summed E-state index contributed by atoms with van der Waals surface area (Å²) in [5.74, 6) is -0.540. The zero-order valence-electron chi connectivity index (χ0n) is 12.4. The zero-order valence-corrected chi connectivity index (χ0v) is 12.4. The van der Waals surface area contributed by atoms with E-state index in [2.05, 4.69) is 5.10 Å². The SMILES string of the molecule is CCOC(=O)CC(C)=C1C(=O)N(c2ccccc2)N=C1C. The quantitative estimate of drug-likeness (QED) is 0.631. The normalized spacial score (nSPS) is 16.8. The summed E-state index contributed by atoms with van der Waals surface area (Å²) in [7, 11) is 0. The lowest BCUT2D eigenvalue weighted by Gasteiger charge is -2.12. The van der Waals surface area contributed by atoms with Crippen molar-refractivity contribution in [2.24, 2.45) is 5.10 Å². The fourth-order valence-corrected chi connectivity index (χ4v) is 2.26. The number of anilines is 1. The summed E-state index contributed by atoms with van der Waals surface area (Å²) in [6, 6.07) is 9.21. The van der Waals surface area contributed by atoms with Gasteiger partial charge in [-0.15, -0.1) is 0 Å². The Labute approximate surface area is 123 Å². The van der Waals surface area contributed by atoms with E-state index in [1.807, 2.05) is 30.3 Å². The summed E-state index contributed by atoms with van der Waals surface area (Å²) in [6.07, 6.45) is 0.102. The molecule has 0 N–H and O–H groups in total. The molecule has 0 fully saturated rings. The monoisotopic (exact) mass is 286 g/mol. The average molecular weight is 286 g/mol. The van der Waals surface area contributed by atoms with E-state index in [1.165, 1.54) is 5.01 Å². The molecule has 0 atom stereocenters. The standard InChI is InChI=1S/C16H18N2O3/c1-4-21-14(19)10-11(2)15-12(3)17-18(16(15)20)13-8-6-5-7-9-13/h5-9H,4,10H2,1-3H3. The van der Waals surface area contributed by atoms with E-state index in [0.717, 1.165) is 0 Å². The second-order valence-corrected chi connectivity index (χ2v) is 4.78. The van der Waals surface area contributed by atoms with Gasteiger partial charge in [-0.1, -0.05) is 18.2 Å². The Bertz CT molecular complexity index is 618. The predicted molar refractivity (Wildman–Crippen MR) is 81.0 cm³/mol. The average Bonchev–Trinajstić information content (AvgIpc) is 2.75. The number of hydrogen-bond acceptors (Lipinski definition) is 4. The number of ether oxygens (including phenoxy) is 1. The van der Waals surface area contributed by atoms with Gasteiger partial charge in [0, 0.05) is 0 Å². The van der Waals surface area contributed by atoms with Crippen LogP contribution in [-0.4, -0.2) is 24.2 Å². The summed E-state index contributed by atoms with van der Waals surface area (Å²) in [5.41, 5.74) is 2.50. The molecule has 0 aliphatic carbocycles. The number of esters is 1. The van der Waals surface area contributed by atoms with Gasteiger partial charge in [-0.25, -0.2) is 0 Å². The third-order valence-corrected chi connectivity index (χ3v) is 3.16. The maximum absolute atomic E-state index is 12.5. The molecule has 1 aromatic carbocycles. The first kappa shape index (κ1) is 15.0. The second kappa shape index (κ2) is 6.35. The van der Waals surface area contributed by atoms with Crippen molar-refractivity contribution in [2.75, 3.05) is 11.6 Å². The van der Waals surface area contributed by atoms with Crippen LogP contribution < -0.4 is 5.01 Å². The van der Waals surface area contributed by atoms with Gasteiger partial charge < -0.3 is 4.74 Å². The Morgan fingerprint density at radius 1 is 1.29 bits per heavy atom. The molecule has 1 aliphatic rings. The minimum atomic E-state index is -0.332. The fourth-order valence-electron chi connectivity index (χ4n) is 2.26. The highest BCUT2D eigenvalue weighted by molar-refractivity contribution is 6.30. The molecule has 1 amide bonds. The molecule has 0 spiro atoms. The maximum Gasteiger partial charge on any atom is 0.309 e. The summed E-state index contributed by atoms with van der Waals surface area (Å²) in [6.45, 7) is 5.62. The third-order valence-electron chi connectivity index (χ3n) is 3.16. The number of carbonyl (C=O) groups is 2. The molecular formula is C16H18N2O3. The number of carbonyl (C=O) groups excluding carboxylic acids is 2. The number of benzene rings is 1. The van der Waals surface area contributed by atoms with Gasteiger partial charge in [-0.2, -0.15) is 10.1 Å². The molecule has 0 aromatic heterocycles. The van der Waals surface area contributed by atoms with E-state index in [0.29, 0.717) is 29.2 Å². The number of nitrogens with zero attached hydrogens (tertiary/aromatic N) is 2. The number of rotatable bonds is 4. The summed E-state index contributed by atoms with van der Waals surface area (Å²) >= 11 is 0. The Morgan fingerprint density at radius 3 is 2.57 bits per heavy atom. The van der Waals surface area contributed by atoms with Crippen molar-refractivity contribution >= 4 is 23.3 Å². The first-order chi connectivity index (χ1) is 10.0. The predicted octanol–water partition coefficient (Wildman–Crippen LogP) is 2.68. The summed E-state index contributed by atoms with van der Waals surface area (Å²) < 4.78 is 4.92. The molecule has 21 heavy (non-hydrogen) atoms. The topological polar surface area (TPSA) is 59.0 Å². The highest BCUT2D eigenvalue weighted by atomic mass is 16.5. The van der Waals surface area contributed by atoms with E-state index in [-0.39, 0.29) is 18.3 Å². The van der Waals surface area contributed by atoms with Gasteiger partial charge in [0.25, 0.3) is 5.91 Å². The fraction of sp³-hybridized carbons (Fsp3) is 0.312. The molecule has 110 valence electrons. The van der Waals surface area contributed by atoms with Crippen LogP contribution in [0.15, 0.2) is 46.6 Å². The smallest absolute Gasteiger partial charge is 0.309 e. The molecule has 5 nitrogen and oxygen atoms in total. The molecule has 0 saturated heterocycles. The molecule has 1 aromatic rings. The van der Waals surface area contributed by atoms with Gasteiger partial charge in [0.15, 0.2) is 0 Å². The van der Waals surface area contributed by atoms with Gasteiger partial charge >= 0.3 is 5.97 Å². The largest absolute Gasteiger partial charge is 0.466 e. The number of amides is 1.